The lowest BCUT2D eigenvalue weighted by atomic mass is 11.2. The zero-order valence-corrected chi connectivity index (χ0v) is 4.60. The first-order valence-electron chi connectivity index (χ1n) is 1.50. The van der Waals surface area contributed by atoms with Gasteiger partial charge in [-0.1, -0.05) is 19.4 Å². The molecule has 7 heteroatoms. The van der Waals surface area contributed by atoms with Crippen LogP contribution in [0.5, 0.6) is 0 Å². The molecule has 0 spiro atoms. The van der Waals surface area contributed by atoms with E-state index in [0.717, 1.165) is 0 Å². The lowest BCUT2D eigenvalue weighted by molar-refractivity contribution is 0.385. The van der Waals surface area contributed by atoms with E-state index in [1.807, 2.05) is 0 Å². The fourth-order valence-electron chi connectivity index (χ4n) is 0.0909. The molecule has 9 heavy (non-hydrogen) atoms. The lowest BCUT2D eigenvalue weighted by Crippen LogP contribution is -1.98. The van der Waals surface area contributed by atoms with Crippen LogP contribution in [-0.2, 0) is 4.79 Å². The van der Waals surface area contributed by atoms with Crippen molar-refractivity contribution >= 4 is 16.2 Å². The Kier molecular flexibility index (Phi) is 1.08. The molecule has 0 atom stereocenters. The summed E-state index contributed by atoms with van der Waals surface area (Å²) in [5.41, 5.74) is 0. The van der Waals surface area contributed by atoms with Crippen LogP contribution >= 0.6 is 10.2 Å². The minimum atomic E-state index is -9.58. The molecule has 0 amide bonds. The largest absolute Gasteiger partial charge is 0.313 e. The van der Waals surface area contributed by atoms with Gasteiger partial charge in [0.2, 0.25) is 0 Å². The van der Waals surface area contributed by atoms with E-state index < -0.39 is 15.6 Å². The highest BCUT2D eigenvalue weighted by molar-refractivity contribution is 8.48. The average Bonchev–Trinajstić information content (AvgIpc) is 1.22. The van der Waals surface area contributed by atoms with Gasteiger partial charge in [0, 0.05) is 0 Å². The molecule has 0 radical (unpaired) electrons. The van der Waals surface area contributed by atoms with Crippen molar-refractivity contribution < 1.29 is 24.2 Å². The number of hydrogen-bond donors (Lipinski definition) is 0. The van der Waals surface area contributed by atoms with Gasteiger partial charge >= 0.3 is 10.2 Å². The molecule has 0 aliphatic rings. The molecule has 0 heterocycles. The smallest absolute Gasteiger partial charge is 0.233 e. The van der Waals surface area contributed by atoms with E-state index in [2.05, 4.69) is 0 Å². The van der Waals surface area contributed by atoms with Crippen molar-refractivity contribution in [3.8, 4) is 0 Å². The molecule has 0 aliphatic carbocycles. The topological polar surface area (TPSA) is 17.1 Å². The van der Waals surface area contributed by atoms with Crippen LogP contribution in [0.3, 0.4) is 0 Å². The average molecular weight is 168 g/mol. The highest BCUT2D eigenvalue weighted by atomic mass is 32.5. The Balaban J connectivity index is 4.99. The van der Waals surface area contributed by atoms with E-state index in [1.54, 1.807) is 0 Å². The summed E-state index contributed by atoms with van der Waals surface area (Å²) in [6.45, 7) is 0. The Morgan fingerprint density at radius 2 is 1.44 bits per heavy atom. The van der Waals surface area contributed by atoms with E-state index in [-0.39, 0.29) is 5.94 Å². The fraction of sp³-hybridized carbons (Fsp3) is 0. The van der Waals surface area contributed by atoms with Crippen LogP contribution in [-0.4, -0.2) is 5.94 Å². The molecule has 0 rings (SSSR count). The SMILES string of the molecule is O=C=CS(F)(F)(F)(F)F. The van der Waals surface area contributed by atoms with Crippen LogP contribution in [0, 0.1) is 0 Å². The summed E-state index contributed by atoms with van der Waals surface area (Å²) >= 11 is 0. The molecular weight excluding hydrogens is 167 g/mol. The van der Waals surface area contributed by atoms with Crippen LogP contribution in [0.2, 0.25) is 0 Å². The summed E-state index contributed by atoms with van der Waals surface area (Å²) < 4.78 is 54.5. The van der Waals surface area contributed by atoms with Crippen LogP contribution in [0.4, 0.5) is 19.4 Å². The van der Waals surface area contributed by atoms with Gasteiger partial charge < -0.3 is 0 Å². The Morgan fingerprint density at radius 3 is 1.44 bits per heavy atom. The molecule has 0 aromatic carbocycles. The van der Waals surface area contributed by atoms with Crippen LogP contribution in [0.15, 0.2) is 5.41 Å². The van der Waals surface area contributed by atoms with Gasteiger partial charge in [-0.25, -0.2) is 4.79 Å². The highest BCUT2D eigenvalue weighted by Gasteiger charge is 2.61. The van der Waals surface area contributed by atoms with Crippen molar-refractivity contribution in [1.29, 1.82) is 0 Å². The summed E-state index contributed by atoms with van der Waals surface area (Å²) in [5, 5.41) is -1.67. The van der Waals surface area contributed by atoms with Gasteiger partial charge in [0.05, 0.1) is 0 Å². The number of hydrogen-bond acceptors (Lipinski definition) is 1. The Morgan fingerprint density at radius 1 is 1.11 bits per heavy atom. The maximum atomic E-state index is 10.9. The van der Waals surface area contributed by atoms with Gasteiger partial charge in [-0.05, 0) is 0 Å². The number of rotatable bonds is 1. The zero-order chi connectivity index (χ0) is 7.82. The first-order chi connectivity index (χ1) is 3.54. The van der Waals surface area contributed by atoms with Gasteiger partial charge in [0.1, 0.15) is 5.94 Å². The van der Waals surface area contributed by atoms with Crippen LogP contribution in [0.1, 0.15) is 0 Å². The van der Waals surface area contributed by atoms with Crippen LogP contribution < -0.4 is 0 Å². The van der Waals surface area contributed by atoms with Gasteiger partial charge in [0.15, 0.2) is 5.41 Å². The monoisotopic (exact) mass is 168 g/mol. The second-order valence-corrected chi connectivity index (χ2v) is 3.56. The minimum absolute atomic E-state index is 0.00887. The third-order valence-corrected chi connectivity index (χ3v) is 0.812. The second-order valence-electron chi connectivity index (χ2n) is 1.26. The van der Waals surface area contributed by atoms with Crippen molar-refractivity contribution in [2.24, 2.45) is 0 Å². The minimum Gasteiger partial charge on any atom is -0.233 e. The molecular formula is C2HF5OS. The van der Waals surface area contributed by atoms with E-state index in [9.17, 15) is 19.4 Å². The van der Waals surface area contributed by atoms with Crippen molar-refractivity contribution in [2.45, 2.75) is 0 Å². The van der Waals surface area contributed by atoms with Crippen LogP contribution in [0.25, 0.3) is 0 Å². The summed E-state index contributed by atoms with van der Waals surface area (Å²) in [7, 11) is -9.58. The maximum Gasteiger partial charge on any atom is 0.313 e. The standard InChI is InChI=1S/C2HF5OS/c3-9(4,5,6,7)2-1-8/h2H. The van der Waals surface area contributed by atoms with Crippen molar-refractivity contribution in [2.75, 3.05) is 0 Å². The third kappa shape index (κ3) is 7.45. The van der Waals surface area contributed by atoms with E-state index in [4.69, 9.17) is 4.79 Å². The summed E-state index contributed by atoms with van der Waals surface area (Å²) in [6, 6.07) is 0. The first kappa shape index (κ1) is 8.45. The molecule has 0 saturated heterocycles. The van der Waals surface area contributed by atoms with Crippen molar-refractivity contribution in [3.05, 3.63) is 5.41 Å². The van der Waals surface area contributed by atoms with Crippen molar-refractivity contribution in [1.82, 2.24) is 0 Å². The molecule has 0 aromatic heterocycles. The van der Waals surface area contributed by atoms with Gasteiger partial charge in [-0.3, -0.25) is 0 Å². The predicted octanol–water partition coefficient (Wildman–Crippen LogP) is 2.63. The van der Waals surface area contributed by atoms with Gasteiger partial charge in [-0.15, -0.1) is 0 Å². The summed E-state index contributed by atoms with van der Waals surface area (Å²) in [5.74, 6) is -0.00887. The highest BCUT2D eigenvalue weighted by Crippen LogP contribution is 2.98. The molecule has 0 fully saturated rings. The first-order valence-corrected chi connectivity index (χ1v) is 3.51. The molecule has 0 aromatic rings. The predicted molar refractivity (Wildman–Crippen MR) is 23.4 cm³/mol. The van der Waals surface area contributed by atoms with Gasteiger partial charge in [-0.2, -0.15) is 0 Å². The Hall–Kier alpha value is -0.550. The third-order valence-electron chi connectivity index (χ3n) is 0.271. The number of carbonyl (C=O) groups excluding carboxylic acids is 1. The molecule has 0 saturated carbocycles. The quantitative estimate of drug-likeness (QED) is 0.434. The Labute approximate surface area is 46.9 Å². The normalized spacial score (nSPS) is 19.2. The molecule has 0 unspecified atom stereocenters. The lowest BCUT2D eigenvalue weighted by Gasteiger charge is -2.34. The fourth-order valence-corrected chi connectivity index (χ4v) is 0.273. The number of halogens is 5. The van der Waals surface area contributed by atoms with Gasteiger partial charge in [0.25, 0.3) is 0 Å². The molecule has 1 nitrogen and oxygen atoms in total. The maximum absolute atomic E-state index is 10.9. The Bertz CT molecular complexity index is 168. The summed E-state index contributed by atoms with van der Waals surface area (Å²) in [4.78, 5) is 8.88. The van der Waals surface area contributed by atoms with E-state index in [1.165, 1.54) is 0 Å². The van der Waals surface area contributed by atoms with E-state index >= 15 is 0 Å². The summed E-state index contributed by atoms with van der Waals surface area (Å²) in [6.07, 6.45) is 0. The second kappa shape index (κ2) is 1.15. The molecule has 0 bridgehead atoms. The molecule has 0 N–H and O–H groups in total. The molecule has 56 valence electrons. The zero-order valence-electron chi connectivity index (χ0n) is 3.78. The van der Waals surface area contributed by atoms with Crippen molar-refractivity contribution in [3.63, 3.8) is 0 Å². The van der Waals surface area contributed by atoms with E-state index in [0.29, 0.717) is 0 Å². The molecule has 0 aliphatic heterocycles.